The Morgan fingerprint density at radius 3 is 2.35 bits per heavy atom. The van der Waals surface area contributed by atoms with Gasteiger partial charge in [-0.05, 0) is 55.5 Å². The van der Waals surface area contributed by atoms with E-state index in [1.165, 1.54) is 24.3 Å². The van der Waals surface area contributed by atoms with Crippen LogP contribution in [0.1, 0.15) is 33.4 Å². The van der Waals surface area contributed by atoms with Gasteiger partial charge in [0.2, 0.25) is 0 Å². The SMILES string of the molecule is CC1=NN(c2cccc(C(=O)O)c2)C(=O)/C1=C\c1ccc(-c2ccc(C(=O)O)cc2)o1. The van der Waals surface area contributed by atoms with Gasteiger partial charge in [0.25, 0.3) is 5.91 Å². The lowest BCUT2D eigenvalue weighted by atomic mass is 10.1. The summed E-state index contributed by atoms with van der Waals surface area (Å²) in [7, 11) is 0. The molecule has 8 nitrogen and oxygen atoms in total. The number of hydrogen-bond donors (Lipinski definition) is 2. The molecule has 0 radical (unpaired) electrons. The number of anilines is 1. The zero-order valence-electron chi connectivity index (χ0n) is 16.3. The Bertz CT molecular complexity index is 1270. The van der Waals surface area contributed by atoms with Gasteiger partial charge in [-0.2, -0.15) is 10.1 Å². The normalized spacial score (nSPS) is 14.7. The number of aromatic carboxylic acids is 2. The predicted molar refractivity (Wildman–Crippen MR) is 113 cm³/mol. The Kier molecular flexibility index (Phi) is 4.96. The van der Waals surface area contributed by atoms with E-state index in [1.54, 1.807) is 49.4 Å². The van der Waals surface area contributed by atoms with E-state index in [1.807, 2.05) is 0 Å². The number of carbonyl (C=O) groups excluding carboxylic acids is 1. The van der Waals surface area contributed by atoms with Gasteiger partial charge in [0.05, 0.1) is 28.1 Å². The molecule has 1 aliphatic heterocycles. The van der Waals surface area contributed by atoms with Crippen LogP contribution in [0.25, 0.3) is 17.4 Å². The zero-order chi connectivity index (χ0) is 22.1. The van der Waals surface area contributed by atoms with Crippen LogP contribution in [0.5, 0.6) is 0 Å². The molecule has 8 heteroatoms. The van der Waals surface area contributed by atoms with Gasteiger partial charge in [0, 0.05) is 5.56 Å². The van der Waals surface area contributed by atoms with Gasteiger partial charge in [-0.25, -0.2) is 9.59 Å². The quantitative estimate of drug-likeness (QED) is 0.603. The van der Waals surface area contributed by atoms with Gasteiger partial charge < -0.3 is 14.6 Å². The van der Waals surface area contributed by atoms with Crippen molar-refractivity contribution < 1.29 is 29.0 Å². The monoisotopic (exact) mass is 416 g/mol. The van der Waals surface area contributed by atoms with Crippen molar-refractivity contribution in [2.24, 2.45) is 5.10 Å². The molecule has 154 valence electrons. The molecule has 0 saturated carbocycles. The molecule has 0 atom stereocenters. The first kappa shape index (κ1) is 19.8. The van der Waals surface area contributed by atoms with E-state index in [4.69, 9.17) is 14.6 Å². The Balaban J connectivity index is 1.59. The van der Waals surface area contributed by atoms with Crippen molar-refractivity contribution in [3.05, 3.63) is 83.1 Å². The van der Waals surface area contributed by atoms with Gasteiger partial charge in [0.1, 0.15) is 11.5 Å². The number of amides is 1. The molecule has 1 amide bonds. The molecule has 2 heterocycles. The fraction of sp³-hybridized carbons (Fsp3) is 0.0435. The molecule has 0 aliphatic carbocycles. The molecule has 2 aromatic carbocycles. The maximum absolute atomic E-state index is 12.9. The van der Waals surface area contributed by atoms with Crippen molar-refractivity contribution in [2.45, 2.75) is 6.92 Å². The first-order chi connectivity index (χ1) is 14.8. The molecular weight excluding hydrogens is 400 g/mol. The highest BCUT2D eigenvalue weighted by atomic mass is 16.4. The number of rotatable bonds is 5. The molecule has 1 aromatic heterocycles. The Morgan fingerprint density at radius 2 is 1.68 bits per heavy atom. The Morgan fingerprint density at radius 1 is 0.968 bits per heavy atom. The van der Waals surface area contributed by atoms with E-state index in [0.29, 0.717) is 34.1 Å². The number of carbonyl (C=O) groups is 3. The standard InChI is InChI=1S/C23H16N2O6/c1-13-19(21(26)25(24-13)17-4-2-3-16(11-17)23(29)30)12-18-9-10-20(31-18)14-5-7-15(8-6-14)22(27)28/h2-12H,1H3,(H,27,28)(H,29,30)/b19-12-. The van der Waals surface area contributed by atoms with Crippen LogP contribution in [0.3, 0.4) is 0 Å². The summed E-state index contributed by atoms with van der Waals surface area (Å²) in [5, 5.41) is 23.6. The third-order valence-corrected chi connectivity index (χ3v) is 4.73. The van der Waals surface area contributed by atoms with Crippen molar-refractivity contribution in [3.8, 4) is 11.3 Å². The van der Waals surface area contributed by atoms with Crippen LogP contribution in [0, 0.1) is 0 Å². The van der Waals surface area contributed by atoms with Crippen LogP contribution in [0.2, 0.25) is 0 Å². The first-order valence-electron chi connectivity index (χ1n) is 9.22. The highest BCUT2D eigenvalue weighted by Crippen LogP contribution is 2.28. The van der Waals surface area contributed by atoms with E-state index in [-0.39, 0.29) is 11.1 Å². The van der Waals surface area contributed by atoms with Crippen LogP contribution in [0.4, 0.5) is 5.69 Å². The highest BCUT2D eigenvalue weighted by Gasteiger charge is 2.29. The molecule has 3 aromatic rings. The second-order valence-corrected chi connectivity index (χ2v) is 6.80. The fourth-order valence-electron chi connectivity index (χ4n) is 3.13. The molecule has 31 heavy (non-hydrogen) atoms. The minimum absolute atomic E-state index is 0.0557. The molecule has 2 N–H and O–H groups in total. The topological polar surface area (TPSA) is 120 Å². The zero-order valence-corrected chi connectivity index (χ0v) is 16.3. The molecule has 1 aliphatic rings. The van der Waals surface area contributed by atoms with Crippen LogP contribution >= 0.6 is 0 Å². The van der Waals surface area contributed by atoms with E-state index < -0.39 is 17.8 Å². The average molecular weight is 416 g/mol. The minimum Gasteiger partial charge on any atom is -0.478 e. The lowest BCUT2D eigenvalue weighted by Crippen LogP contribution is -2.21. The maximum Gasteiger partial charge on any atom is 0.335 e. The van der Waals surface area contributed by atoms with Crippen LogP contribution in [-0.2, 0) is 4.79 Å². The summed E-state index contributed by atoms with van der Waals surface area (Å²) in [6.45, 7) is 1.68. The number of hydrogen-bond acceptors (Lipinski definition) is 5. The first-order valence-corrected chi connectivity index (χ1v) is 9.22. The molecule has 0 saturated heterocycles. The summed E-state index contributed by atoms with van der Waals surface area (Å²) in [5.41, 5.74) is 2.07. The van der Waals surface area contributed by atoms with Crippen molar-refractivity contribution in [1.29, 1.82) is 0 Å². The highest BCUT2D eigenvalue weighted by molar-refractivity contribution is 6.32. The van der Waals surface area contributed by atoms with Crippen molar-refractivity contribution in [3.63, 3.8) is 0 Å². The van der Waals surface area contributed by atoms with E-state index in [0.717, 1.165) is 5.01 Å². The van der Waals surface area contributed by atoms with Crippen molar-refractivity contribution in [1.82, 2.24) is 0 Å². The van der Waals surface area contributed by atoms with Crippen LogP contribution in [-0.4, -0.2) is 33.8 Å². The van der Waals surface area contributed by atoms with Crippen LogP contribution < -0.4 is 5.01 Å². The summed E-state index contributed by atoms with van der Waals surface area (Å²) < 4.78 is 5.79. The van der Waals surface area contributed by atoms with E-state index >= 15 is 0 Å². The number of hydrazone groups is 1. The molecule has 0 bridgehead atoms. The van der Waals surface area contributed by atoms with Crippen LogP contribution in [0.15, 0.2) is 75.8 Å². The number of furan rings is 1. The number of benzene rings is 2. The third kappa shape index (κ3) is 3.86. The molecule has 0 spiro atoms. The number of carboxylic acids is 2. The third-order valence-electron chi connectivity index (χ3n) is 4.73. The minimum atomic E-state index is -1.09. The average Bonchev–Trinajstić information content (AvgIpc) is 3.34. The smallest absolute Gasteiger partial charge is 0.335 e. The molecule has 4 rings (SSSR count). The second kappa shape index (κ2) is 7.75. The molecule has 0 unspecified atom stereocenters. The number of nitrogens with zero attached hydrogens (tertiary/aromatic N) is 2. The lowest BCUT2D eigenvalue weighted by molar-refractivity contribution is -0.114. The second-order valence-electron chi connectivity index (χ2n) is 6.80. The van der Waals surface area contributed by atoms with Gasteiger partial charge >= 0.3 is 11.9 Å². The summed E-state index contributed by atoms with van der Waals surface area (Å²) in [4.78, 5) is 35.1. The number of carboxylic acid groups (broad SMARTS) is 2. The maximum atomic E-state index is 12.9. The van der Waals surface area contributed by atoms with Crippen molar-refractivity contribution in [2.75, 3.05) is 5.01 Å². The van der Waals surface area contributed by atoms with E-state index in [2.05, 4.69) is 5.10 Å². The van der Waals surface area contributed by atoms with Gasteiger partial charge in [0.15, 0.2) is 0 Å². The van der Waals surface area contributed by atoms with Gasteiger partial charge in [-0.15, -0.1) is 0 Å². The Labute approximate surface area is 176 Å². The summed E-state index contributed by atoms with van der Waals surface area (Å²) >= 11 is 0. The summed E-state index contributed by atoms with van der Waals surface area (Å²) in [6, 6.07) is 15.6. The van der Waals surface area contributed by atoms with Crippen molar-refractivity contribution >= 4 is 35.3 Å². The molecule has 0 fully saturated rings. The largest absolute Gasteiger partial charge is 0.478 e. The van der Waals surface area contributed by atoms with Gasteiger partial charge in [-0.3, -0.25) is 4.79 Å². The lowest BCUT2D eigenvalue weighted by Gasteiger charge is -2.12. The van der Waals surface area contributed by atoms with Gasteiger partial charge in [-0.1, -0.05) is 18.2 Å². The Hall–Kier alpha value is -4.46. The summed E-state index contributed by atoms with van der Waals surface area (Å²) in [5.74, 6) is -1.55. The predicted octanol–water partition coefficient (Wildman–Crippen LogP) is 4.15. The molecular formula is C23H16N2O6. The van der Waals surface area contributed by atoms with E-state index in [9.17, 15) is 14.4 Å². The summed E-state index contributed by atoms with van der Waals surface area (Å²) in [6.07, 6.45) is 1.57. The fourth-order valence-corrected chi connectivity index (χ4v) is 3.13.